The van der Waals surface area contributed by atoms with Gasteiger partial charge in [0.2, 0.25) is 0 Å². The largest absolute Gasteiger partial charge is 0.477 e. The minimum absolute atomic E-state index is 0.249. The number of carboxylic acid groups (broad SMARTS) is 1. The van der Waals surface area contributed by atoms with Crippen LogP contribution in [0.3, 0.4) is 0 Å². The molecule has 3 heterocycles. The summed E-state index contributed by atoms with van der Waals surface area (Å²) in [5, 5.41) is 22.0. The molecule has 0 radical (unpaired) electrons. The Morgan fingerprint density at radius 3 is 2.56 bits per heavy atom. The van der Waals surface area contributed by atoms with Crippen molar-refractivity contribution in [2.45, 2.75) is 32.7 Å². The van der Waals surface area contributed by atoms with Crippen molar-refractivity contribution in [3.63, 3.8) is 0 Å². The summed E-state index contributed by atoms with van der Waals surface area (Å²) in [4.78, 5) is 11.5. The third-order valence-corrected chi connectivity index (χ3v) is 4.78. The Kier molecular flexibility index (Phi) is 5.98. The number of hydrogen-bond donors (Lipinski definition) is 3. The average molecular weight is 369 g/mol. The van der Waals surface area contributed by atoms with Gasteiger partial charge in [-0.2, -0.15) is 13.5 Å². The number of hydrogen-bond acceptors (Lipinski definition) is 5. The summed E-state index contributed by atoms with van der Waals surface area (Å²) in [6.45, 7) is 5.81. The van der Waals surface area contributed by atoms with Crippen LogP contribution in [0.4, 0.5) is 0 Å². The van der Waals surface area contributed by atoms with Crippen LogP contribution in [0.15, 0.2) is 24.7 Å². The zero-order valence-electron chi connectivity index (χ0n) is 14.2. The van der Waals surface area contributed by atoms with E-state index in [0.29, 0.717) is 9.54 Å². The highest BCUT2D eigenvalue weighted by molar-refractivity contribution is 7.87. The molecule has 1 fully saturated rings. The molecule has 0 spiro atoms. The molecule has 1 aliphatic rings. The first kappa shape index (κ1) is 19.2. The molecule has 9 nitrogen and oxygen atoms in total. The minimum Gasteiger partial charge on any atom is -0.477 e. The molecule has 0 atom stereocenters. The molecule has 3 rings (SSSR count). The molecule has 0 amide bonds. The van der Waals surface area contributed by atoms with Gasteiger partial charge in [0.1, 0.15) is 0 Å². The van der Waals surface area contributed by atoms with E-state index in [9.17, 15) is 18.3 Å². The van der Waals surface area contributed by atoms with Crippen molar-refractivity contribution in [1.29, 1.82) is 0 Å². The maximum Gasteiger partial charge on any atom is 0.354 e. The lowest BCUT2D eigenvalue weighted by molar-refractivity contribution is 0.0690. The number of nitrogens with zero attached hydrogens (tertiary/aromatic N) is 3. The molecule has 0 bridgehead atoms. The highest BCUT2D eigenvalue weighted by Gasteiger charge is 2.24. The SMILES string of the molecule is CC.NS(=O)(=O)n1ccc(-c2cnn(C3CCNCC3)c2)c1C(=O)O. The molecule has 138 valence electrons. The van der Waals surface area contributed by atoms with Crippen molar-refractivity contribution < 1.29 is 18.3 Å². The maximum absolute atomic E-state index is 11.5. The summed E-state index contributed by atoms with van der Waals surface area (Å²) in [7, 11) is -4.18. The summed E-state index contributed by atoms with van der Waals surface area (Å²) < 4.78 is 25.4. The number of piperidine rings is 1. The molecular formula is C15H23N5O4S. The molecule has 0 aliphatic carbocycles. The van der Waals surface area contributed by atoms with Crippen LogP contribution < -0.4 is 10.5 Å². The third-order valence-electron chi connectivity index (χ3n) is 3.92. The van der Waals surface area contributed by atoms with Gasteiger partial charge < -0.3 is 10.4 Å². The van der Waals surface area contributed by atoms with Crippen LogP contribution in [0.5, 0.6) is 0 Å². The highest BCUT2D eigenvalue weighted by Crippen LogP contribution is 2.27. The van der Waals surface area contributed by atoms with Gasteiger partial charge in [-0.15, -0.1) is 0 Å². The Hall–Kier alpha value is -2.17. The van der Waals surface area contributed by atoms with E-state index < -0.39 is 21.9 Å². The standard InChI is InChI=1S/C13H17N5O4S.C2H6/c14-23(21,22)18-6-3-11(12(18)13(19)20)9-7-16-17(8-9)10-1-4-15-5-2-10;1-2/h3,6-8,10,15H,1-2,4-5H2,(H,19,20)(H2,14,21,22);1-2H3. The van der Waals surface area contributed by atoms with Crippen molar-refractivity contribution in [2.24, 2.45) is 5.14 Å². The molecule has 25 heavy (non-hydrogen) atoms. The lowest BCUT2D eigenvalue weighted by atomic mass is 10.1. The fourth-order valence-corrected chi connectivity index (χ4v) is 3.48. The number of nitrogens with one attached hydrogen (secondary N) is 1. The normalized spacial score (nSPS) is 15.5. The Morgan fingerprint density at radius 2 is 2.00 bits per heavy atom. The number of carboxylic acids is 1. The number of carbonyl (C=O) groups is 1. The summed E-state index contributed by atoms with van der Waals surface area (Å²) >= 11 is 0. The van der Waals surface area contributed by atoms with Gasteiger partial charge in [0.15, 0.2) is 5.69 Å². The van der Waals surface area contributed by atoms with E-state index in [1.54, 1.807) is 10.9 Å². The van der Waals surface area contributed by atoms with Crippen molar-refractivity contribution in [1.82, 2.24) is 19.1 Å². The third kappa shape index (κ3) is 4.09. The van der Waals surface area contributed by atoms with Gasteiger partial charge >= 0.3 is 16.2 Å². The summed E-state index contributed by atoms with van der Waals surface area (Å²) in [6.07, 6.45) is 6.29. The van der Waals surface area contributed by atoms with E-state index in [2.05, 4.69) is 10.4 Å². The first-order valence-corrected chi connectivity index (χ1v) is 9.61. The van der Waals surface area contributed by atoms with E-state index in [0.717, 1.165) is 32.1 Å². The second kappa shape index (κ2) is 7.81. The van der Waals surface area contributed by atoms with Gasteiger partial charge in [-0.25, -0.2) is 13.9 Å². The van der Waals surface area contributed by atoms with Gasteiger partial charge in [-0.3, -0.25) is 4.68 Å². The molecule has 2 aromatic heterocycles. The van der Waals surface area contributed by atoms with Gasteiger partial charge in [0, 0.05) is 23.5 Å². The van der Waals surface area contributed by atoms with Crippen LogP contribution in [0.25, 0.3) is 11.1 Å². The van der Waals surface area contributed by atoms with Crippen LogP contribution in [0, 0.1) is 0 Å². The molecule has 1 saturated heterocycles. The van der Waals surface area contributed by atoms with Crippen molar-refractivity contribution in [2.75, 3.05) is 13.1 Å². The van der Waals surface area contributed by atoms with Crippen LogP contribution in [0.1, 0.15) is 43.2 Å². The molecule has 0 unspecified atom stereocenters. The van der Waals surface area contributed by atoms with Crippen molar-refractivity contribution in [3.05, 3.63) is 30.4 Å². The molecule has 0 saturated carbocycles. The smallest absolute Gasteiger partial charge is 0.354 e. The van der Waals surface area contributed by atoms with Crippen LogP contribution in [-0.2, 0) is 10.2 Å². The quantitative estimate of drug-likeness (QED) is 0.738. The van der Waals surface area contributed by atoms with E-state index in [-0.39, 0.29) is 11.6 Å². The van der Waals surface area contributed by atoms with E-state index in [1.165, 1.54) is 12.3 Å². The average Bonchev–Trinajstić information content (AvgIpc) is 3.24. The molecule has 0 aromatic carbocycles. The Balaban J connectivity index is 0.00000109. The molecule has 1 aliphatic heterocycles. The second-order valence-electron chi connectivity index (χ2n) is 5.41. The predicted octanol–water partition coefficient (Wildman–Crippen LogP) is 1.05. The topological polar surface area (TPSA) is 132 Å². The van der Waals surface area contributed by atoms with Crippen LogP contribution >= 0.6 is 0 Å². The van der Waals surface area contributed by atoms with E-state index >= 15 is 0 Å². The monoisotopic (exact) mass is 369 g/mol. The summed E-state index contributed by atoms with van der Waals surface area (Å²) in [5.74, 6) is -1.37. The Bertz CT molecular complexity index is 834. The predicted molar refractivity (Wildman–Crippen MR) is 93.6 cm³/mol. The van der Waals surface area contributed by atoms with Gasteiger partial charge in [-0.05, 0) is 32.0 Å². The fraction of sp³-hybridized carbons (Fsp3) is 0.467. The summed E-state index contributed by atoms with van der Waals surface area (Å²) in [6, 6.07) is 1.66. The van der Waals surface area contributed by atoms with Gasteiger partial charge in [0.25, 0.3) is 0 Å². The highest BCUT2D eigenvalue weighted by atomic mass is 32.2. The Labute approximate surface area is 146 Å². The lowest BCUT2D eigenvalue weighted by Gasteiger charge is -2.22. The van der Waals surface area contributed by atoms with Crippen LogP contribution in [-0.4, -0.2) is 46.3 Å². The zero-order valence-corrected chi connectivity index (χ0v) is 15.0. The zero-order chi connectivity index (χ0) is 18.6. The van der Waals surface area contributed by atoms with Crippen LogP contribution in [0.2, 0.25) is 0 Å². The number of rotatable bonds is 4. The first-order chi connectivity index (χ1) is 11.9. The van der Waals surface area contributed by atoms with Crippen molar-refractivity contribution in [3.8, 4) is 11.1 Å². The van der Waals surface area contributed by atoms with Gasteiger partial charge in [0.05, 0.1) is 12.2 Å². The van der Waals surface area contributed by atoms with Crippen molar-refractivity contribution >= 4 is 16.2 Å². The number of aromatic nitrogens is 3. The van der Waals surface area contributed by atoms with E-state index in [4.69, 9.17) is 5.14 Å². The minimum atomic E-state index is -4.18. The lowest BCUT2D eigenvalue weighted by Crippen LogP contribution is -2.29. The molecular weight excluding hydrogens is 346 g/mol. The van der Waals surface area contributed by atoms with Gasteiger partial charge in [-0.1, -0.05) is 13.8 Å². The number of aromatic carboxylic acids is 1. The fourth-order valence-electron chi connectivity index (χ4n) is 2.82. The number of nitrogens with two attached hydrogens (primary N) is 1. The van der Waals surface area contributed by atoms with E-state index in [1.807, 2.05) is 13.8 Å². The summed E-state index contributed by atoms with van der Waals surface area (Å²) in [5.41, 5.74) is 0.424. The molecule has 2 aromatic rings. The Morgan fingerprint density at radius 1 is 1.36 bits per heavy atom. The molecule has 4 N–H and O–H groups in total. The molecule has 10 heteroatoms. The maximum atomic E-state index is 11.5. The first-order valence-electron chi connectivity index (χ1n) is 8.11. The second-order valence-corrected chi connectivity index (χ2v) is 6.84.